The van der Waals surface area contributed by atoms with Gasteiger partial charge in [-0.1, -0.05) is 18.2 Å². The molecule has 14 heavy (non-hydrogen) atoms. The maximum absolute atomic E-state index is 11.5. The normalized spacial score (nSPS) is 11.6. The highest BCUT2D eigenvalue weighted by Gasteiger charge is 2.14. The quantitative estimate of drug-likeness (QED) is 0.806. The first-order chi connectivity index (χ1) is 6.61. The van der Waals surface area contributed by atoms with Crippen molar-refractivity contribution in [2.24, 2.45) is 0 Å². The molecule has 0 bridgehead atoms. The van der Waals surface area contributed by atoms with E-state index in [0.717, 1.165) is 0 Å². The van der Waals surface area contributed by atoms with Crippen molar-refractivity contribution < 1.29 is 13.2 Å². The lowest BCUT2D eigenvalue weighted by Gasteiger charge is -2.08. The summed E-state index contributed by atoms with van der Waals surface area (Å²) < 4.78 is 30.2. The molecule has 1 rings (SSSR count). The summed E-state index contributed by atoms with van der Waals surface area (Å²) in [4.78, 5) is 0.268. The molecule has 0 saturated heterocycles. The third-order valence-corrected chi connectivity index (χ3v) is 3.35. The zero-order chi connectivity index (χ0) is 10.6. The van der Waals surface area contributed by atoms with Crippen LogP contribution in [0.4, 0.5) is 0 Å². The Balaban J connectivity index is 3.20. The summed E-state index contributed by atoms with van der Waals surface area (Å²) in [7, 11) is -0.463. The minimum Gasteiger partial charge on any atom is -0.380 e. The first-order valence-electron chi connectivity index (χ1n) is 4.12. The van der Waals surface area contributed by atoms with E-state index in [0.29, 0.717) is 5.56 Å². The number of benzene rings is 1. The number of hydrogen-bond acceptors (Lipinski definition) is 3. The van der Waals surface area contributed by atoms with E-state index in [1.165, 1.54) is 14.2 Å². The molecule has 4 nitrogen and oxygen atoms in total. The Hall–Kier alpha value is -0.910. The predicted molar refractivity (Wildman–Crippen MR) is 53.4 cm³/mol. The standard InChI is InChI=1S/C9H13NO3S/c1-10-14(11,12)9-6-4-3-5-8(9)7-13-2/h3-6,10H,7H2,1-2H3. The number of ether oxygens (including phenoxy) is 1. The number of nitrogens with one attached hydrogen (secondary N) is 1. The molecule has 0 aliphatic rings. The Labute approximate surface area is 84.0 Å². The summed E-state index contributed by atoms with van der Waals surface area (Å²) in [6, 6.07) is 6.75. The van der Waals surface area contributed by atoms with Gasteiger partial charge in [0, 0.05) is 7.11 Å². The number of sulfonamides is 1. The summed E-state index contributed by atoms with van der Waals surface area (Å²) in [5.41, 5.74) is 0.657. The highest BCUT2D eigenvalue weighted by molar-refractivity contribution is 7.89. The van der Waals surface area contributed by atoms with Gasteiger partial charge in [0.1, 0.15) is 0 Å². The van der Waals surface area contributed by atoms with Crippen LogP contribution < -0.4 is 4.72 Å². The molecule has 0 spiro atoms. The largest absolute Gasteiger partial charge is 0.380 e. The van der Waals surface area contributed by atoms with Crippen LogP contribution in [0.1, 0.15) is 5.56 Å². The number of methoxy groups -OCH3 is 1. The molecule has 0 radical (unpaired) electrons. The lowest BCUT2D eigenvalue weighted by molar-refractivity contribution is 0.182. The average Bonchev–Trinajstić information content (AvgIpc) is 2.19. The molecule has 0 unspecified atom stereocenters. The van der Waals surface area contributed by atoms with Gasteiger partial charge in [-0.15, -0.1) is 0 Å². The molecule has 0 fully saturated rings. The lowest BCUT2D eigenvalue weighted by Crippen LogP contribution is -2.20. The molecule has 0 aromatic heterocycles. The molecule has 0 aliphatic heterocycles. The van der Waals surface area contributed by atoms with Crippen molar-refractivity contribution in [2.75, 3.05) is 14.2 Å². The van der Waals surface area contributed by atoms with E-state index in [4.69, 9.17) is 4.74 Å². The van der Waals surface area contributed by atoms with Gasteiger partial charge in [-0.3, -0.25) is 0 Å². The highest BCUT2D eigenvalue weighted by Crippen LogP contribution is 2.15. The lowest BCUT2D eigenvalue weighted by atomic mass is 10.2. The molecule has 1 aromatic rings. The highest BCUT2D eigenvalue weighted by atomic mass is 32.2. The maximum Gasteiger partial charge on any atom is 0.240 e. The van der Waals surface area contributed by atoms with Crippen LogP contribution in [0.2, 0.25) is 0 Å². The van der Waals surface area contributed by atoms with Gasteiger partial charge in [0.15, 0.2) is 0 Å². The average molecular weight is 215 g/mol. The first kappa shape index (κ1) is 11.2. The Kier molecular flexibility index (Phi) is 3.62. The molecule has 0 saturated carbocycles. The van der Waals surface area contributed by atoms with Crippen molar-refractivity contribution in [3.63, 3.8) is 0 Å². The van der Waals surface area contributed by atoms with E-state index in [1.54, 1.807) is 24.3 Å². The Bertz CT molecular complexity index is 400. The van der Waals surface area contributed by atoms with Crippen LogP contribution in [0.3, 0.4) is 0 Å². The van der Waals surface area contributed by atoms with E-state index in [-0.39, 0.29) is 11.5 Å². The van der Waals surface area contributed by atoms with Crippen molar-refractivity contribution in [2.45, 2.75) is 11.5 Å². The van der Waals surface area contributed by atoms with Crippen molar-refractivity contribution in [3.8, 4) is 0 Å². The van der Waals surface area contributed by atoms with Crippen LogP contribution in [-0.2, 0) is 21.4 Å². The Morgan fingerprint density at radius 3 is 2.57 bits per heavy atom. The van der Waals surface area contributed by atoms with Crippen LogP contribution in [-0.4, -0.2) is 22.6 Å². The molecule has 0 heterocycles. The number of hydrogen-bond donors (Lipinski definition) is 1. The fraction of sp³-hybridized carbons (Fsp3) is 0.333. The molecule has 1 N–H and O–H groups in total. The van der Waals surface area contributed by atoms with Crippen LogP contribution in [0.5, 0.6) is 0 Å². The van der Waals surface area contributed by atoms with Gasteiger partial charge in [-0.2, -0.15) is 0 Å². The summed E-state index contributed by atoms with van der Waals surface area (Å²) in [5, 5.41) is 0. The summed E-state index contributed by atoms with van der Waals surface area (Å²) in [5.74, 6) is 0. The second-order valence-corrected chi connectivity index (χ2v) is 4.60. The zero-order valence-corrected chi connectivity index (χ0v) is 8.97. The van der Waals surface area contributed by atoms with Gasteiger partial charge in [-0.25, -0.2) is 13.1 Å². The van der Waals surface area contributed by atoms with Crippen LogP contribution in [0, 0.1) is 0 Å². The summed E-state index contributed by atoms with van der Waals surface area (Å²) in [6.07, 6.45) is 0. The molecule has 0 atom stereocenters. The molecular weight excluding hydrogens is 202 g/mol. The zero-order valence-electron chi connectivity index (χ0n) is 8.15. The Morgan fingerprint density at radius 1 is 1.36 bits per heavy atom. The monoisotopic (exact) mass is 215 g/mol. The van der Waals surface area contributed by atoms with Crippen LogP contribution >= 0.6 is 0 Å². The number of rotatable bonds is 4. The van der Waals surface area contributed by atoms with E-state index in [2.05, 4.69) is 4.72 Å². The molecule has 0 aliphatic carbocycles. The van der Waals surface area contributed by atoms with E-state index in [9.17, 15) is 8.42 Å². The fourth-order valence-electron chi connectivity index (χ4n) is 1.15. The van der Waals surface area contributed by atoms with Gasteiger partial charge in [0.2, 0.25) is 10.0 Å². The van der Waals surface area contributed by atoms with Crippen molar-refractivity contribution in [1.82, 2.24) is 4.72 Å². The fourth-order valence-corrected chi connectivity index (χ4v) is 2.10. The molecule has 78 valence electrons. The van der Waals surface area contributed by atoms with Gasteiger partial charge >= 0.3 is 0 Å². The minimum atomic E-state index is -3.38. The molecule has 0 amide bonds. The van der Waals surface area contributed by atoms with Crippen LogP contribution in [0.25, 0.3) is 0 Å². The SMILES string of the molecule is CNS(=O)(=O)c1ccccc1COC. The van der Waals surface area contributed by atoms with Crippen molar-refractivity contribution in [3.05, 3.63) is 29.8 Å². The second-order valence-electron chi connectivity index (χ2n) is 2.75. The third kappa shape index (κ3) is 2.31. The van der Waals surface area contributed by atoms with Crippen molar-refractivity contribution >= 4 is 10.0 Å². The van der Waals surface area contributed by atoms with Crippen LogP contribution in [0.15, 0.2) is 29.2 Å². The minimum absolute atomic E-state index is 0.268. The van der Waals surface area contributed by atoms with Gasteiger partial charge < -0.3 is 4.74 Å². The summed E-state index contributed by atoms with van der Waals surface area (Å²) in [6.45, 7) is 0.289. The maximum atomic E-state index is 11.5. The first-order valence-corrected chi connectivity index (χ1v) is 5.60. The molecular formula is C9H13NO3S. The molecule has 1 aromatic carbocycles. The van der Waals surface area contributed by atoms with E-state index < -0.39 is 10.0 Å². The summed E-state index contributed by atoms with van der Waals surface area (Å²) >= 11 is 0. The third-order valence-electron chi connectivity index (χ3n) is 1.83. The topological polar surface area (TPSA) is 55.4 Å². The van der Waals surface area contributed by atoms with Gasteiger partial charge in [0.25, 0.3) is 0 Å². The Morgan fingerprint density at radius 2 is 2.00 bits per heavy atom. The van der Waals surface area contributed by atoms with Gasteiger partial charge in [-0.05, 0) is 18.7 Å². The van der Waals surface area contributed by atoms with Gasteiger partial charge in [0.05, 0.1) is 11.5 Å². The molecule has 5 heteroatoms. The predicted octanol–water partition coefficient (Wildman–Crippen LogP) is 0.741. The van der Waals surface area contributed by atoms with E-state index >= 15 is 0 Å². The van der Waals surface area contributed by atoms with Crippen molar-refractivity contribution in [1.29, 1.82) is 0 Å². The van der Waals surface area contributed by atoms with E-state index in [1.807, 2.05) is 0 Å². The smallest absolute Gasteiger partial charge is 0.240 e. The second kappa shape index (κ2) is 4.54.